The van der Waals surface area contributed by atoms with Crippen molar-refractivity contribution < 1.29 is 13.2 Å². The minimum Gasteiger partial charge on any atom is -0.381 e. The second kappa shape index (κ2) is 10.1. The van der Waals surface area contributed by atoms with Crippen LogP contribution in [0.3, 0.4) is 0 Å². The Morgan fingerprint density at radius 1 is 1.03 bits per heavy atom. The van der Waals surface area contributed by atoms with E-state index in [9.17, 15) is 8.42 Å². The summed E-state index contributed by atoms with van der Waals surface area (Å²) in [7, 11) is -1.15. The van der Waals surface area contributed by atoms with Crippen molar-refractivity contribution in [3.8, 4) is 0 Å². The Hall–Kier alpha value is -0.920. The molecule has 2 saturated carbocycles. The van der Waals surface area contributed by atoms with E-state index < -0.39 is 9.84 Å². The standard InChI is InChI=1S/C23H39N3O3S/c1-25(12-9-19-10-13-29-14-11-19)17-22-15-24-23(30(27,28)18-21-7-8-21)26(22)16-20-5-3-2-4-6-20/h15,19-21H,2-14,16-18H2,1H3. The molecule has 2 heterocycles. The number of ether oxygens (including phenoxy) is 1. The molecule has 4 rings (SSSR count). The van der Waals surface area contributed by atoms with Crippen LogP contribution in [0.2, 0.25) is 0 Å². The summed E-state index contributed by atoms with van der Waals surface area (Å²) in [4.78, 5) is 6.80. The molecule has 6 nitrogen and oxygen atoms in total. The van der Waals surface area contributed by atoms with Crippen molar-refractivity contribution in [2.45, 2.75) is 82.5 Å². The van der Waals surface area contributed by atoms with Crippen molar-refractivity contribution in [3.05, 3.63) is 11.9 Å². The summed E-state index contributed by atoms with van der Waals surface area (Å²) in [5.41, 5.74) is 1.06. The molecule has 0 unspecified atom stereocenters. The quantitative estimate of drug-likeness (QED) is 0.555. The van der Waals surface area contributed by atoms with E-state index in [-0.39, 0.29) is 5.75 Å². The Balaban J connectivity index is 1.44. The Morgan fingerprint density at radius 2 is 1.77 bits per heavy atom. The van der Waals surface area contributed by atoms with Crippen molar-refractivity contribution >= 4 is 9.84 Å². The predicted octanol–water partition coefficient (Wildman–Crippen LogP) is 3.90. The summed E-state index contributed by atoms with van der Waals surface area (Å²) in [6.07, 6.45) is 13.7. The summed E-state index contributed by atoms with van der Waals surface area (Å²) in [6.45, 7) is 4.39. The molecular weight excluding hydrogens is 398 g/mol. The lowest BCUT2D eigenvalue weighted by atomic mass is 9.89. The highest BCUT2D eigenvalue weighted by Crippen LogP contribution is 2.33. The molecule has 1 saturated heterocycles. The number of hydrogen-bond donors (Lipinski definition) is 0. The van der Waals surface area contributed by atoms with E-state index in [0.29, 0.717) is 17.0 Å². The third-order valence-electron chi connectivity index (χ3n) is 7.19. The maximum atomic E-state index is 13.1. The lowest BCUT2D eigenvalue weighted by Crippen LogP contribution is -2.27. The number of hydrogen-bond acceptors (Lipinski definition) is 5. The molecule has 170 valence electrons. The van der Waals surface area contributed by atoms with Gasteiger partial charge in [-0.05, 0) is 76.3 Å². The zero-order valence-electron chi connectivity index (χ0n) is 18.6. The van der Waals surface area contributed by atoms with Gasteiger partial charge in [0.05, 0.1) is 17.6 Å². The Morgan fingerprint density at radius 3 is 2.47 bits per heavy atom. The number of sulfone groups is 1. The SMILES string of the molecule is CN(CCC1CCOCC1)Cc1cnc(S(=O)(=O)CC2CC2)n1CC1CCCCC1. The van der Waals surface area contributed by atoms with Crippen LogP contribution in [0.1, 0.15) is 69.9 Å². The van der Waals surface area contributed by atoms with E-state index in [0.717, 1.165) is 70.1 Å². The lowest BCUT2D eigenvalue weighted by Gasteiger charge is -2.26. The van der Waals surface area contributed by atoms with E-state index in [4.69, 9.17) is 4.74 Å². The fourth-order valence-corrected chi connectivity index (χ4v) is 6.90. The highest BCUT2D eigenvalue weighted by Gasteiger charge is 2.33. The minimum atomic E-state index is -3.30. The predicted molar refractivity (Wildman–Crippen MR) is 118 cm³/mol. The second-order valence-electron chi connectivity index (χ2n) is 9.95. The molecular formula is C23H39N3O3S. The van der Waals surface area contributed by atoms with Gasteiger partial charge in [-0.1, -0.05) is 19.3 Å². The number of rotatable bonds is 10. The van der Waals surface area contributed by atoms with Crippen molar-refractivity contribution in [1.29, 1.82) is 0 Å². The van der Waals surface area contributed by atoms with E-state index in [1.807, 2.05) is 6.20 Å². The second-order valence-corrected chi connectivity index (χ2v) is 11.9. The summed E-state index contributed by atoms with van der Waals surface area (Å²) >= 11 is 0. The van der Waals surface area contributed by atoms with Crippen LogP contribution in [0.15, 0.2) is 11.4 Å². The van der Waals surface area contributed by atoms with Gasteiger partial charge in [-0.3, -0.25) is 0 Å². The molecule has 1 aromatic heterocycles. The maximum absolute atomic E-state index is 13.1. The highest BCUT2D eigenvalue weighted by molar-refractivity contribution is 7.91. The van der Waals surface area contributed by atoms with Crippen LogP contribution in [0.4, 0.5) is 0 Å². The lowest BCUT2D eigenvalue weighted by molar-refractivity contribution is 0.0607. The first-order valence-electron chi connectivity index (χ1n) is 12.0. The fourth-order valence-electron chi connectivity index (χ4n) is 5.05. The smallest absolute Gasteiger partial charge is 0.227 e. The van der Waals surface area contributed by atoms with Crippen LogP contribution in [0.5, 0.6) is 0 Å². The van der Waals surface area contributed by atoms with Gasteiger partial charge in [0, 0.05) is 26.3 Å². The topological polar surface area (TPSA) is 64.4 Å². The average molecular weight is 438 g/mol. The van der Waals surface area contributed by atoms with Crippen molar-refractivity contribution in [1.82, 2.24) is 14.5 Å². The van der Waals surface area contributed by atoms with Crippen LogP contribution in [-0.4, -0.2) is 55.4 Å². The normalized spacial score (nSPS) is 22.1. The number of imidazole rings is 1. The van der Waals surface area contributed by atoms with E-state index in [1.54, 1.807) is 0 Å². The van der Waals surface area contributed by atoms with Crippen LogP contribution >= 0.6 is 0 Å². The molecule has 1 aliphatic heterocycles. The maximum Gasteiger partial charge on any atom is 0.227 e. The molecule has 0 amide bonds. The third-order valence-corrected chi connectivity index (χ3v) is 8.98. The van der Waals surface area contributed by atoms with Crippen LogP contribution in [-0.2, 0) is 27.7 Å². The summed E-state index contributed by atoms with van der Waals surface area (Å²) in [5, 5.41) is 0.327. The van der Waals surface area contributed by atoms with E-state index in [1.165, 1.54) is 38.5 Å². The van der Waals surface area contributed by atoms with Gasteiger partial charge in [-0.25, -0.2) is 13.4 Å². The van der Waals surface area contributed by atoms with Gasteiger partial charge in [-0.15, -0.1) is 0 Å². The molecule has 0 atom stereocenters. The third kappa shape index (κ3) is 6.07. The monoisotopic (exact) mass is 437 g/mol. The molecule has 30 heavy (non-hydrogen) atoms. The molecule has 3 fully saturated rings. The van der Waals surface area contributed by atoms with Gasteiger partial charge in [0.1, 0.15) is 0 Å². The number of aromatic nitrogens is 2. The molecule has 0 aromatic carbocycles. The molecule has 0 spiro atoms. The van der Waals surface area contributed by atoms with E-state index in [2.05, 4.69) is 21.5 Å². The largest absolute Gasteiger partial charge is 0.381 e. The molecule has 2 aliphatic carbocycles. The first-order chi connectivity index (χ1) is 14.5. The fraction of sp³-hybridized carbons (Fsp3) is 0.870. The molecule has 0 N–H and O–H groups in total. The molecule has 3 aliphatic rings. The van der Waals surface area contributed by atoms with Gasteiger partial charge in [0.15, 0.2) is 0 Å². The Bertz CT molecular complexity index is 776. The van der Waals surface area contributed by atoms with Crippen LogP contribution < -0.4 is 0 Å². The van der Waals surface area contributed by atoms with E-state index >= 15 is 0 Å². The Kier molecular flexibility index (Phi) is 7.53. The Labute approximate surface area is 182 Å². The van der Waals surface area contributed by atoms with Crippen LogP contribution in [0, 0.1) is 17.8 Å². The molecule has 0 radical (unpaired) electrons. The molecule has 1 aromatic rings. The number of nitrogens with zero attached hydrogens (tertiary/aromatic N) is 3. The van der Waals surface area contributed by atoms with Gasteiger partial charge < -0.3 is 14.2 Å². The summed E-state index contributed by atoms with van der Waals surface area (Å²) in [6, 6.07) is 0. The molecule has 7 heteroatoms. The van der Waals surface area contributed by atoms with Gasteiger partial charge >= 0.3 is 0 Å². The van der Waals surface area contributed by atoms with Crippen molar-refractivity contribution in [2.24, 2.45) is 17.8 Å². The van der Waals surface area contributed by atoms with Gasteiger partial charge in [0.2, 0.25) is 15.0 Å². The van der Waals surface area contributed by atoms with Crippen molar-refractivity contribution in [2.75, 3.05) is 32.6 Å². The first kappa shape index (κ1) is 22.3. The first-order valence-corrected chi connectivity index (χ1v) is 13.7. The zero-order valence-corrected chi connectivity index (χ0v) is 19.4. The summed E-state index contributed by atoms with van der Waals surface area (Å²) in [5.74, 6) is 1.95. The van der Waals surface area contributed by atoms with Gasteiger partial charge in [-0.2, -0.15) is 0 Å². The highest BCUT2D eigenvalue weighted by atomic mass is 32.2. The van der Waals surface area contributed by atoms with Crippen molar-refractivity contribution in [3.63, 3.8) is 0 Å². The van der Waals surface area contributed by atoms with Gasteiger partial charge in [0.25, 0.3) is 0 Å². The summed E-state index contributed by atoms with van der Waals surface area (Å²) < 4.78 is 33.7. The minimum absolute atomic E-state index is 0.272. The zero-order chi connectivity index (χ0) is 21.0. The van der Waals surface area contributed by atoms with Crippen LogP contribution in [0.25, 0.3) is 0 Å². The average Bonchev–Trinajstić information content (AvgIpc) is 3.46. The molecule has 0 bridgehead atoms.